The van der Waals surface area contributed by atoms with Crippen molar-refractivity contribution in [3.05, 3.63) is 40.1 Å². The first-order valence-corrected chi connectivity index (χ1v) is 6.26. The molecule has 1 heterocycles. The third kappa shape index (κ3) is 2.96. The van der Waals surface area contributed by atoms with Gasteiger partial charge in [0.15, 0.2) is 10.9 Å². The molecule has 4 nitrogen and oxygen atoms in total. The number of anilines is 2. The van der Waals surface area contributed by atoms with Gasteiger partial charge in [-0.1, -0.05) is 17.7 Å². The molecule has 0 aliphatic carbocycles. The highest BCUT2D eigenvalue weighted by atomic mass is 35.5. The van der Waals surface area contributed by atoms with Crippen molar-refractivity contribution in [2.24, 2.45) is 0 Å². The fourth-order valence-electron chi connectivity index (χ4n) is 1.36. The van der Waals surface area contributed by atoms with Gasteiger partial charge in [0.2, 0.25) is 5.91 Å². The number of hydrogen-bond donors (Lipinski definition) is 2. The maximum absolute atomic E-state index is 13.5. The lowest BCUT2D eigenvalue weighted by Gasteiger charge is -2.06. The van der Waals surface area contributed by atoms with Crippen LogP contribution >= 0.6 is 22.9 Å². The van der Waals surface area contributed by atoms with Gasteiger partial charge in [0.05, 0.1) is 22.8 Å². The van der Waals surface area contributed by atoms with Crippen LogP contribution in [0.5, 0.6) is 0 Å². The molecule has 1 amide bonds. The normalized spacial score (nSPS) is 10.3. The highest BCUT2D eigenvalue weighted by Gasteiger charge is 2.11. The molecular formula is C11H9ClFN3OS. The second kappa shape index (κ2) is 5.32. The standard InChI is InChI=1S/C11H9ClFN3OS/c12-7-2-1-3-8(10(7)13)16-9(17)4-6-5-18-11(14)15-6/h1-3,5H,4H2,(H2,14,15)(H,16,17). The Balaban J connectivity index is 2.05. The molecule has 0 radical (unpaired) electrons. The van der Waals surface area contributed by atoms with Crippen LogP contribution in [0.1, 0.15) is 5.69 Å². The third-order valence-corrected chi connectivity index (χ3v) is 3.15. The Hall–Kier alpha value is -1.66. The Kier molecular flexibility index (Phi) is 3.78. The zero-order valence-corrected chi connectivity index (χ0v) is 10.7. The summed E-state index contributed by atoms with van der Waals surface area (Å²) in [6.07, 6.45) is 0.0413. The number of rotatable bonds is 3. The van der Waals surface area contributed by atoms with E-state index in [0.29, 0.717) is 10.8 Å². The van der Waals surface area contributed by atoms with E-state index in [4.69, 9.17) is 17.3 Å². The SMILES string of the molecule is Nc1nc(CC(=O)Nc2cccc(Cl)c2F)cs1. The minimum absolute atomic E-state index is 0.0364. The van der Waals surface area contributed by atoms with Crippen molar-refractivity contribution in [1.29, 1.82) is 0 Å². The van der Waals surface area contributed by atoms with Crippen LogP contribution in [0.2, 0.25) is 5.02 Å². The Bertz CT molecular complexity index is 587. The van der Waals surface area contributed by atoms with E-state index in [-0.39, 0.29) is 23.0 Å². The summed E-state index contributed by atoms with van der Waals surface area (Å²) in [5, 5.41) is 4.48. The van der Waals surface area contributed by atoms with Gasteiger partial charge in [-0.3, -0.25) is 4.79 Å². The summed E-state index contributed by atoms with van der Waals surface area (Å²) >= 11 is 6.86. The third-order valence-electron chi connectivity index (χ3n) is 2.14. The quantitative estimate of drug-likeness (QED) is 0.911. The molecule has 1 aromatic carbocycles. The number of benzene rings is 1. The number of halogens is 2. The minimum Gasteiger partial charge on any atom is -0.375 e. The van der Waals surface area contributed by atoms with Crippen molar-refractivity contribution in [1.82, 2.24) is 4.98 Å². The molecule has 0 saturated carbocycles. The number of nitrogens with one attached hydrogen (secondary N) is 1. The summed E-state index contributed by atoms with van der Waals surface area (Å²) in [5.74, 6) is -1.02. The van der Waals surface area contributed by atoms with Crippen LogP contribution in [0.15, 0.2) is 23.6 Å². The first-order chi connectivity index (χ1) is 8.56. The number of nitrogens with zero attached hydrogens (tertiary/aromatic N) is 1. The molecule has 0 saturated heterocycles. The lowest BCUT2D eigenvalue weighted by Crippen LogP contribution is -2.15. The number of hydrogen-bond acceptors (Lipinski definition) is 4. The molecule has 1 aromatic heterocycles. The van der Waals surface area contributed by atoms with Crippen LogP contribution in [-0.2, 0) is 11.2 Å². The molecule has 18 heavy (non-hydrogen) atoms. The van der Waals surface area contributed by atoms with Gasteiger partial charge in [-0.05, 0) is 12.1 Å². The van der Waals surface area contributed by atoms with E-state index in [0.717, 1.165) is 0 Å². The van der Waals surface area contributed by atoms with Gasteiger partial charge in [-0.15, -0.1) is 11.3 Å². The molecule has 0 aliphatic rings. The number of thiazole rings is 1. The van der Waals surface area contributed by atoms with Crippen molar-refractivity contribution >= 4 is 39.7 Å². The summed E-state index contributed by atoms with van der Waals surface area (Å²) < 4.78 is 13.5. The summed E-state index contributed by atoms with van der Waals surface area (Å²) in [7, 11) is 0. The zero-order chi connectivity index (χ0) is 13.1. The molecular weight excluding hydrogens is 277 g/mol. The van der Waals surface area contributed by atoms with E-state index in [1.807, 2.05) is 0 Å². The smallest absolute Gasteiger partial charge is 0.230 e. The fourth-order valence-corrected chi connectivity index (χ4v) is 2.10. The molecule has 0 aliphatic heterocycles. The monoisotopic (exact) mass is 285 g/mol. The van der Waals surface area contributed by atoms with Crippen LogP contribution in [0.4, 0.5) is 15.2 Å². The van der Waals surface area contributed by atoms with Gasteiger partial charge in [0.1, 0.15) is 0 Å². The number of carbonyl (C=O) groups is 1. The van der Waals surface area contributed by atoms with Crippen molar-refractivity contribution < 1.29 is 9.18 Å². The lowest BCUT2D eigenvalue weighted by atomic mass is 10.2. The number of aromatic nitrogens is 1. The lowest BCUT2D eigenvalue weighted by molar-refractivity contribution is -0.115. The maximum atomic E-state index is 13.5. The van der Waals surface area contributed by atoms with E-state index >= 15 is 0 Å². The average molecular weight is 286 g/mol. The van der Waals surface area contributed by atoms with Crippen molar-refractivity contribution in [2.75, 3.05) is 11.1 Å². The van der Waals surface area contributed by atoms with Gasteiger partial charge >= 0.3 is 0 Å². The van der Waals surface area contributed by atoms with Crippen LogP contribution in [0.3, 0.4) is 0 Å². The van der Waals surface area contributed by atoms with E-state index in [9.17, 15) is 9.18 Å². The Morgan fingerprint density at radius 1 is 1.56 bits per heavy atom. The number of carbonyl (C=O) groups excluding carboxylic acids is 1. The molecule has 2 rings (SSSR count). The predicted octanol–water partition coefficient (Wildman–Crippen LogP) is 2.70. The molecule has 0 bridgehead atoms. The summed E-state index contributed by atoms with van der Waals surface area (Å²) in [4.78, 5) is 15.6. The summed E-state index contributed by atoms with van der Waals surface area (Å²) in [6.45, 7) is 0. The van der Waals surface area contributed by atoms with Gasteiger partial charge in [0, 0.05) is 5.38 Å². The predicted molar refractivity (Wildman–Crippen MR) is 70.3 cm³/mol. The Morgan fingerprint density at radius 2 is 2.33 bits per heavy atom. The first kappa shape index (κ1) is 12.8. The van der Waals surface area contributed by atoms with Crippen molar-refractivity contribution in [3.8, 4) is 0 Å². The minimum atomic E-state index is -0.648. The van der Waals surface area contributed by atoms with Crippen molar-refractivity contribution in [2.45, 2.75) is 6.42 Å². The molecule has 2 aromatic rings. The summed E-state index contributed by atoms with van der Waals surface area (Å²) in [5.41, 5.74) is 6.05. The van der Waals surface area contributed by atoms with Gasteiger partial charge in [-0.25, -0.2) is 9.37 Å². The Morgan fingerprint density at radius 3 is 3.00 bits per heavy atom. The van der Waals surface area contributed by atoms with Gasteiger partial charge in [-0.2, -0.15) is 0 Å². The van der Waals surface area contributed by atoms with Crippen LogP contribution in [-0.4, -0.2) is 10.9 Å². The second-order valence-corrected chi connectivity index (χ2v) is 4.80. The van der Waals surface area contributed by atoms with Crippen LogP contribution < -0.4 is 11.1 Å². The summed E-state index contributed by atoms with van der Waals surface area (Å²) in [6, 6.07) is 4.41. The van der Waals surface area contributed by atoms with E-state index in [1.165, 1.54) is 23.5 Å². The maximum Gasteiger partial charge on any atom is 0.230 e. The van der Waals surface area contributed by atoms with Crippen LogP contribution in [0, 0.1) is 5.82 Å². The largest absolute Gasteiger partial charge is 0.375 e. The fraction of sp³-hybridized carbons (Fsp3) is 0.0909. The topological polar surface area (TPSA) is 68.0 Å². The van der Waals surface area contributed by atoms with Crippen LogP contribution in [0.25, 0.3) is 0 Å². The first-order valence-electron chi connectivity index (χ1n) is 5.00. The number of nitrogens with two attached hydrogens (primary N) is 1. The molecule has 7 heteroatoms. The number of nitrogen functional groups attached to an aromatic ring is 1. The van der Waals surface area contributed by atoms with E-state index < -0.39 is 5.82 Å². The number of amides is 1. The van der Waals surface area contributed by atoms with E-state index in [2.05, 4.69) is 10.3 Å². The van der Waals surface area contributed by atoms with Crippen molar-refractivity contribution in [3.63, 3.8) is 0 Å². The highest BCUT2D eigenvalue weighted by Crippen LogP contribution is 2.22. The molecule has 94 valence electrons. The molecule has 0 atom stereocenters. The second-order valence-electron chi connectivity index (χ2n) is 3.50. The Labute approximate surface area is 112 Å². The molecule has 0 fully saturated rings. The van der Waals surface area contributed by atoms with Gasteiger partial charge < -0.3 is 11.1 Å². The highest BCUT2D eigenvalue weighted by molar-refractivity contribution is 7.13. The zero-order valence-electron chi connectivity index (χ0n) is 9.11. The van der Waals surface area contributed by atoms with Gasteiger partial charge in [0.25, 0.3) is 0 Å². The van der Waals surface area contributed by atoms with E-state index in [1.54, 1.807) is 11.4 Å². The molecule has 0 unspecified atom stereocenters. The molecule has 0 spiro atoms. The molecule has 3 N–H and O–H groups in total. The average Bonchev–Trinajstić information content (AvgIpc) is 2.70.